The lowest BCUT2D eigenvalue weighted by molar-refractivity contribution is -0.137. The Balaban J connectivity index is 1.77. The molecule has 0 fully saturated rings. The zero-order valence-corrected chi connectivity index (χ0v) is 17.2. The maximum atomic E-state index is 13.0. The lowest BCUT2D eigenvalue weighted by atomic mass is 10.2. The number of aryl methyl sites for hydroxylation is 1. The average molecular weight is 457 g/mol. The second kappa shape index (κ2) is 8.93. The van der Waals surface area contributed by atoms with Gasteiger partial charge in [0.2, 0.25) is 5.91 Å². The van der Waals surface area contributed by atoms with Gasteiger partial charge in [0.1, 0.15) is 12.3 Å². The van der Waals surface area contributed by atoms with E-state index in [4.69, 9.17) is 16.0 Å². The molecule has 0 unspecified atom stereocenters. The number of hydrogen-bond donors (Lipinski definition) is 1. The quantitative estimate of drug-likeness (QED) is 0.525. The number of alkyl halides is 3. The van der Waals surface area contributed by atoms with Crippen LogP contribution in [0.1, 0.15) is 25.9 Å². The Morgan fingerprint density at radius 2 is 1.97 bits per heavy atom. The van der Waals surface area contributed by atoms with Gasteiger partial charge in [-0.25, -0.2) is 0 Å². The zero-order chi connectivity index (χ0) is 21.9. The zero-order valence-electron chi connectivity index (χ0n) is 15.6. The molecular formula is C20H16ClF3N2O3S. The van der Waals surface area contributed by atoms with Crippen molar-refractivity contribution < 1.29 is 27.2 Å². The van der Waals surface area contributed by atoms with Crippen molar-refractivity contribution in [2.24, 2.45) is 0 Å². The molecule has 30 heavy (non-hydrogen) atoms. The van der Waals surface area contributed by atoms with Gasteiger partial charge < -0.3 is 14.6 Å². The van der Waals surface area contributed by atoms with Crippen molar-refractivity contribution in [1.82, 2.24) is 4.90 Å². The molecule has 1 aromatic carbocycles. The Labute approximate surface area is 179 Å². The number of nitrogens with zero attached hydrogens (tertiary/aromatic N) is 1. The van der Waals surface area contributed by atoms with Crippen LogP contribution < -0.4 is 5.32 Å². The van der Waals surface area contributed by atoms with Crippen LogP contribution in [0.5, 0.6) is 0 Å². The summed E-state index contributed by atoms with van der Waals surface area (Å²) in [5.41, 5.74) is -1.13. The van der Waals surface area contributed by atoms with Gasteiger partial charge in [-0.05, 0) is 49.4 Å². The lowest BCUT2D eigenvalue weighted by Crippen LogP contribution is -2.37. The fraction of sp³-hybridized carbons (Fsp3) is 0.200. The summed E-state index contributed by atoms with van der Waals surface area (Å²) in [5, 5.41) is 1.92. The van der Waals surface area contributed by atoms with E-state index in [2.05, 4.69) is 5.32 Å². The van der Waals surface area contributed by atoms with Gasteiger partial charge in [-0.2, -0.15) is 13.2 Å². The van der Waals surface area contributed by atoms with Crippen LogP contribution in [0.25, 0.3) is 0 Å². The minimum atomic E-state index is -4.66. The van der Waals surface area contributed by atoms with Crippen molar-refractivity contribution >= 4 is 40.4 Å². The number of benzene rings is 1. The third-order valence-electron chi connectivity index (χ3n) is 4.06. The van der Waals surface area contributed by atoms with Crippen molar-refractivity contribution in [3.05, 3.63) is 74.8 Å². The predicted molar refractivity (Wildman–Crippen MR) is 108 cm³/mol. The van der Waals surface area contributed by atoms with Gasteiger partial charge in [-0.1, -0.05) is 11.6 Å². The van der Waals surface area contributed by atoms with Gasteiger partial charge in [0.25, 0.3) is 5.91 Å². The second-order valence-electron chi connectivity index (χ2n) is 6.39. The molecule has 0 radical (unpaired) electrons. The van der Waals surface area contributed by atoms with Crippen molar-refractivity contribution in [1.29, 1.82) is 0 Å². The number of halogens is 4. The summed E-state index contributed by atoms with van der Waals surface area (Å²) < 4.78 is 44.3. The smallest absolute Gasteiger partial charge is 0.417 e. The number of rotatable bonds is 6. The highest BCUT2D eigenvalue weighted by Crippen LogP contribution is 2.36. The molecule has 3 rings (SSSR count). The average Bonchev–Trinajstić information content (AvgIpc) is 3.33. The maximum Gasteiger partial charge on any atom is 0.417 e. The maximum absolute atomic E-state index is 13.0. The van der Waals surface area contributed by atoms with Crippen molar-refractivity contribution in [2.75, 3.05) is 11.9 Å². The summed E-state index contributed by atoms with van der Waals surface area (Å²) in [6, 6.07) is 9.82. The van der Waals surface area contributed by atoms with E-state index in [1.165, 1.54) is 28.6 Å². The number of furan rings is 1. The Hall–Kier alpha value is -2.78. The van der Waals surface area contributed by atoms with Gasteiger partial charge in [0.15, 0.2) is 0 Å². The highest BCUT2D eigenvalue weighted by atomic mass is 35.5. The Kier molecular flexibility index (Phi) is 6.52. The fourth-order valence-electron chi connectivity index (χ4n) is 2.69. The fourth-order valence-corrected chi connectivity index (χ4v) is 3.75. The van der Waals surface area contributed by atoms with E-state index in [-0.39, 0.29) is 24.7 Å². The van der Waals surface area contributed by atoms with Crippen LogP contribution in [0, 0.1) is 6.92 Å². The van der Waals surface area contributed by atoms with E-state index in [0.29, 0.717) is 10.6 Å². The number of amides is 2. The van der Waals surface area contributed by atoms with Crippen molar-refractivity contribution in [2.45, 2.75) is 19.6 Å². The summed E-state index contributed by atoms with van der Waals surface area (Å²) >= 11 is 6.88. The molecule has 0 saturated carbocycles. The summed E-state index contributed by atoms with van der Waals surface area (Å²) in [4.78, 5) is 28.0. The molecular weight excluding hydrogens is 441 g/mol. The lowest BCUT2D eigenvalue weighted by Gasteiger charge is -2.21. The van der Waals surface area contributed by atoms with Crippen LogP contribution in [0.3, 0.4) is 0 Å². The molecule has 3 aromatic rings. The molecule has 0 aliphatic heterocycles. The van der Waals surface area contributed by atoms with E-state index in [0.717, 1.165) is 17.0 Å². The van der Waals surface area contributed by atoms with Gasteiger partial charge in [-0.15, -0.1) is 11.3 Å². The molecule has 10 heteroatoms. The van der Waals surface area contributed by atoms with Gasteiger partial charge >= 0.3 is 6.18 Å². The third kappa shape index (κ3) is 5.43. The third-order valence-corrected chi connectivity index (χ3v) is 5.37. The normalized spacial score (nSPS) is 11.4. The molecule has 0 atom stereocenters. The van der Waals surface area contributed by atoms with Crippen LogP contribution in [-0.4, -0.2) is 23.3 Å². The van der Waals surface area contributed by atoms with Gasteiger partial charge in [0.05, 0.1) is 28.3 Å². The van der Waals surface area contributed by atoms with E-state index >= 15 is 0 Å². The first kappa shape index (κ1) is 21.9. The van der Waals surface area contributed by atoms with Crippen LogP contribution in [-0.2, 0) is 17.5 Å². The number of carbonyl (C=O) groups is 2. The van der Waals surface area contributed by atoms with E-state index in [1.54, 1.807) is 24.3 Å². The minimum Gasteiger partial charge on any atom is -0.467 e. The second-order valence-corrected chi connectivity index (χ2v) is 8.09. The highest BCUT2D eigenvalue weighted by Gasteiger charge is 2.33. The Morgan fingerprint density at radius 1 is 1.20 bits per heavy atom. The minimum absolute atomic E-state index is 0.0324. The number of thiophene rings is 1. The van der Waals surface area contributed by atoms with Crippen LogP contribution >= 0.6 is 22.9 Å². The molecule has 0 aliphatic carbocycles. The van der Waals surface area contributed by atoms with Gasteiger partial charge in [-0.3, -0.25) is 9.59 Å². The van der Waals surface area contributed by atoms with E-state index < -0.39 is 22.7 Å². The highest BCUT2D eigenvalue weighted by molar-refractivity contribution is 7.13. The predicted octanol–water partition coefficient (Wildman–Crippen LogP) is 5.60. The number of hydrogen-bond acceptors (Lipinski definition) is 4. The number of carbonyl (C=O) groups excluding carboxylic acids is 2. The topological polar surface area (TPSA) is 62.6 Å². The summed E-state index contributed by atoms with van der Waals surface area (Å²) in [5.74, 6) is -0.569. The summed E-state index contributed by atoms with van der Waals surface area (Å²) in [6.07, 6.45) is -3.21. The van der Waals surface area contributed by atoms with Crippen LogP contribution in [0.15, 0.2) is 53.1 Å². The number of anilines is 1. The summed E-state index contributed by atoms with van der Waals surface area (Å²) in [6.45, 7) is 1.51. The molecule has 5 nitrogen and oxygen atoms in total. The monoisotopic (exact) mass is 456 g/mol. The van der Waals surface area contributed by atoms with Crippen molar-refractivity contribution in [3.63, 3.8) is 0 Å². The van der Waals surface area contributed by atoms with Crippen LogP contribution in [0.4, 0.5) is 18.9 Å². The van der Waals surface area contributed by atoms with Gasteiger partial charge in [0, 0.05) is 10.6 Å². The first-order valence-corrected chi connectivity index (χ1v) is 9.87. The molecule has 0 bridgehead atoms. The molecule has 2 heterocycles. The SMILES string of the molecule is Cc1ccc(C(=O)N(CC(=O)Nc2ccc(Cl)c(C(F)(F)F)c2)Cc2ccco2)s1. The van der Waals surface area contributed by atoms with Crippen molar-refractivity contribution in [3.8, 4) is 0 Å². The Bertz CT molecular complexity index is 1050. The molecule has 158 valence electrons. The molecule has 2 amide bonds. The molecule has 0 aliphatic rings. The first-order chi connectivity index (χ1) is 14.1. The molecule has 0 spiro atoms. The molecule has 0 saturated heterocycles. The molecule has 1 N–H and O–H groups in total. The van der Waals surface area contributed by atoms with E-state index in [1.807, 2.05) is 6.92 Å². The van der Waals surface area contributed by atoms with Crippen LogP contribution in [0.2, 0.25) is 5.02 Å². The van der Waals surface area contributed by atoms with E-state index in [9.17, 15) is 22.8 Å². The summed E-state index contributed by atoms with van der Waals surface area (Å²) in [7, 11) is 0. The standard InChI is InChI=1S/C20H16ClF3N2O3S/c1-12-4-7-17(30-12)19(28)26(10-14-3-2-8-29-14)11-18(27)25-13-5-6-16(21)15(9-13)20(22,23)24/h2-9H,10-11H2,1H3,(H,25,27). The largest absolute Gasteiger partial charge is 0.467 e. The Morgan fingerprint density at radius 3 is 2.57 bits per heavy atom. The first-order valence-electron chi connectivity index (χ1n) is 8.68. The number of nitrogens with one attached hydrogen (secondary N) is 1. The molecule has 2 aromatic heterocycles.